The molecule has 1 fully saturated rings. The molecule has 0 amide bonds. The summed E-state index contributed by atoms with van der Waals surface area (Å²) in [4.78, 5) is 4.09. The van der Waals surface area contributed by atoms with E-state index in [-0.39, 0.29) is 18.9 Å². The lowest BCUT2D eigenvalue weighted by Crippen LogP contribution is -2.26. The molecule has 0 bridgehead atoms. The highest BCUT2D eigenvalue weighted by molar-refractivity contribution is 5.77. The second-order valence-electron chi connectivity index (χ2n) is 3.53. The van der Waals surface area contributed by atoms with Gasteiger partial charge < -0.3 is 11.5 Å². The van der Waals surface area contributed by atoms with Crippen LogP contribution in [0.25, 0.3) is 0 Å². The van der Waals surface area contributed by atoms with E-state index in [9.17, 15) is 8.78 Å². The molecule has 14 heavy (non-hydrogen) atoms. The van der Waals surface area contributed by atoms with Crippen molar-refractivity contribution in [3.05, 3.63) is 11.9 Å². The van der Waals surface area contributed by atoms with Crippen molar-refractivity contribution in [3.8, 4) is 0 Å². The quantitative estimate of drug-likeness (QED) is 0.666. The van der Waals surface area contributed by atoms with Gasteiger partial charge in [0.15, 0.2) is 0 Å². The van der Waals surface area contributed by atoms with Crippen LogP contribution in [0.15, 0.2) is 16.9 Å². The molecule has 0 unspecified atom stereocenters. The van der Waals surface area contributed by atoms with Gasteiger partial charge in [-0.1, -0.05) is 0 Å². The number of aliphatic imine (C=N–C) groups is 1. The van der Waals surface area contributed by atoms with Gasteiger partial charge in [0.05, 0.1) is 11.7 Å². The molecule has 0 saturated heterocycles. The van der Waals surface area contributed by atoms with E-state index in [0.29, 0.717) is 18.5 Å². The van der Waals surface area contributed by atoms with Gasteiger partial charge in [-0.3, -0.25) is 4.99 Å². The van der Waals surface area contributed by atoms with Crippen molar-refractivity contribution in [2.75, 3.05) is 0 Å². The lowest BCUT2D eigenvalue weighted by molar-refractivity contribution is -0.0373. The largest absolute Gasteiger partial charge is 0.403 e. The summed E-state index contributed by atoms with van der Waals surface area (Å²) < 4.78 is 25.5. The Hall–Kier alpha value is -1.13. The molecule has 3 nitrogen and oxygen atoms in total. The zero-order valence-electron chi connectivity index (χ0n) is 7.92. The van der Waals surface area contributed by atoms with Crippen LogP contribution in [0.1, 0.15) is 25.7 Å². The lowest BCUT2D eigenvalue weighted by Gasteiger charge is -2.25. The van der Waals surface area contributed by atoms with Crippen LogP contribution in [0.2, 0.25) is 0 Å². The molecular formula is C9H15F2N3. The summed E-state index contributed by atoms with van der Waals surface area (Å²) in [6, 6.07) is -0.0341. The van der Waals surface area contributed by atoms with Crippen molar-refractivity contribution < 1.29 is 8.78 Å². The Morgan fingerprint density at radius 1 is 1.36 bits per heavy atom. The Morgan fingerprint density at radius 2 is 1.93 bits per heavy atom. The van der Waals surface area contributed by atoms with Crippen LogP contribution in [0.4, 0.5) is 8.78 Å². The number of halogens is 2. The number of hydrogen-bond donors (Lipinski definition) is 2. The third-order valence-corrected chi connectivity index (χ3v) is 2.31. The molecule has 1 rings (SSSR count). The molecular weight excluding hydrogens is 188 g/mol. The molecule has 0 aliphatic heterocycles. The van der Waals surface area contributed by atoms with Gasteiger partial charge in [-0.05, 0) is 12.8 Å². The standard InChI is InChI=1S/C9H15F2N3/c10-9(11)3-1-8(2-4-9)14-6-7(13)5-12/h5-6,8H,1-4,12-13H2. The third-order valence-electron chi connectivity index (χ3n) is 2.31. The van der Waals surface area contributed by atoms with E-state index < -0.39 is 5.92 Å². The van der Waals surface area contributed by atoms with Gasteiger partial charge in [0.2, 0.25) is 5.92 Å². The molecule has 0 heterocycles. The molecule has 80 valence electrons. The van der Waals surface area contributed by atoms with Gasteiger partial charge in [0.25, 0.3) is 0 Å². The summed E-state index contributed by atoms with van der Waals surface area (Å²) >= 11 is 0. The number of alkyl halides is 2. The van der Waals surface area contributed by atoms with E-state index in [1.807, 2.05) is 0 Å². The van der Waals surface area contributed by atoms with Crippen molar-refractivity contribution in [1.82, 2.24) is 0 Å². The van der Waals surface area contributed by atoms with E-state index in [4.69, 9.17) is 11.5 Å². The summed E-state index contributed by atoms with van der Waals surface area (Å²) in [5.41, 5.74) is 10.9. The Balaban J connectivity index is 2.40. The maximum Gasteiger partial charge on any atom is 0.248 e. The maximum atomic E-state index is 12.7. The van der Waals surface area contributed by atoms with Crippen LogP contribution >= 0.6 is 0 Å². The normalized spacial score (nSPS) is 24.3. The Labute approximate surface area is 81.9 Å². The zero-order chi connectivity index (χ0) is 10.6. The Bertz CT molecular complexity index is 238. The molecule has 5 heteroatoms. The zero-order valence-corrected chi connectivity index (χ0v) is 7.92. The average molecular weight is 203 g/mol. The number of nitrogens with two attached hydrogens (primary N) is 2. The molecule has 0 aromatic carbocycles. The van der Waals surface area contributed by atoms with Gasteiger partial charge in [-0.25, -0.2) is 8.78 Å². The summed E-state index contributed by atoms with van der Waals surface area (Å²) in [5.74, 6) is -2.50. The van der Waals surface area contributed by atoms with Crippen LogP contribution in [-0.4, -0.2) is 18.2 Å². The van der Waals surface area contributed by atoms with Crippen molar-refractivity contribution >= 4 is 6.21 Å². The van der Waals surface area contributed by atoms with Crippen LogP contribution in [-0.2, 0) is 0 Å². The number of allylic oxidation sites excluding steroid dienone is 1. The minimum absolute atomic E-state index is 0.0341. The number of rotatable bonds is 2. The highest BCUT2D eigenvalue weighted by atomic mass is 19.3. The summed E-state index contributed by atoms with van der Waals surface area (Å²) in [5, 5.41) is 0. The monoisotopic (exact) mass is 203 g/mol. The van der Waals surface area contributed by atoms with Gasteiger partial charge in [0, 0.05) is 25.3 Å². The van der Waals surface area contributed by atoms with Crippen LogP contribution in [0, 0.1) is 0 Å². The predicted octanol–water partition coefficient (Wildman–Crippen LogP) is 1.39. The van der Waals surface area contributed by atoms with Crippen molar-refractivity contribution in [1.29, 1.82) is 0 Å². The van der Waals surface area contributed by atoms with Crippen molar-refractivity contribution in [3.63, 3.8) is 0 Å². The fraction of sp³-hybridized carbons (Fsp3) is 0.667. The third kappa shape index (κ3) is 3.32. The predicted molar refractivity (Wildman–Crippen MR) is 52.2 cm³/mol. The van der Waals surface area contributed by atoms with Crippen LogP contribution in [0.3, 0.4) is 0 Å². The van der Waals surface area contributed by atoms with E-state index >= 15 is 0 Å². The van der Waals surface area contributed by atoms with E-state index in [1.165, 1.54) is 12.4 Å². The molecule has 0 aromatic rings. The van der Waals surface area contributed by atoms with Crippen molar-refractivity contribution in [2.24, 2.45) is 16.5 Å². The first kappa shape index (κ1) is 10.9. The van der Waals surface area contributed by atoms with E-state index in [1.54, 1.807) is 0 Å². The first-order valence-corrected chi connectivity index (χ1v) is 4.62. The second kappa shape index (κ2) is 4.39. The fourth-order valence-electron chi connectivity index (χ4n) is 1.41. The SMILES string of the molecule is NC=C(N)C=NC1CCC(F)(F)CC1. The van der Waals surface area contributed by atoms with E-state index in [2.05, 4.69) is 4.99 Å². The van der Waals surface area contributed by atoms with Gasteiger partial charge in [-0.15, -0.1) is 0 Å². The first-order chi connectivity index (χ1) is 6.53. The van der Waals surface area contributed by atoms with Gasteiger partial charge in [0.1, 0.15) is 0 Å². The number of hydrogen-bond acceptors (Lipinski definition) is 3. The van der Waals surface area contributed by atoms with Gasteiger partial charge in [-0.2, -0.15) is 0 Å². The topological polar surface area (TPSA) is 64.4 Å². The molecule has 4 N–H and O–H groups in total. The maximum absolute atomic E-state index is 12.7. The summed E-state index contributed by atoms with van der Waals surface area (Å²) in [6.07, 6.45) is 3.35. The molecule has 1 aliphatic carbocycles. The molecule has 0 aromatic heterocycles. The van der Waals surface area contributed by atoms with Gasteiger partial charge >= 0.3 is 0 Å². The first-order valence-electron chi connectivity index (χ1n) is 4.62. The summed E-state index contributed by atoms with van der Waals surface area (Å²) in [7, 11) is 0. The lowest BCUT2D eigenvalue weighted by atomic mass is 9.93. The highest BCUT2D eigenvalue weighted by Crippen LogP contribution is 2.34. The van der Waals surface area contributed by atoms with Crippen molar-refractivity contribution in [2.45, 2.75) is 37.6 Å². The number of nitrogens with zero attached hydrogens (tertiary/aromatic N) is 1. The average Bonchev–Trinajstić information content (AvgIpc) is 2.16. The minimum Gasteiger partial charge on any atom is -0.403 e. The van der Waals surface area contributed by atoms with Crippen LogP contribution < -0.4 is 11.5 Å². The molecule has 1 aliphatic rings. The van der Waals surface area contributed by atoms with Crippen LogP contribution in [0.5, 0.6) is 0 Å². The smallest absolute Gasteiger partial charge is 0.248 e. The van der Waals surface area contributed by atoms with E-state index in [0.717, 1.165) is 0 Å². The fourth-order valence-corrected chi connectivity index (χ4v) is 1.41. The Kier molecular flexibility index (Phi) is 3.43. The minimum atomic E-state index is -2.50. The molecule has 0 spiro atoms. The molecule has 0 atom stereocenters. The highest BCUT2D eigenvalue weighted by Gasteiger charge is 2.34. The summed E-state index contributed by atoms with van der Waals surface area (Å²) in [6.45, 7) is 0. The second-order valence-corrected chi connectivity index (χ2v) is 3.53. The molecule has 1 saturated carbocycles. The molecule has 0 radical (unpaired) electrons. The Morgan fingerprint density at radius 3 is 2.43 bits per heavy atom.